The Morgan fingerprint density at radius 3 is 2.44 bits per heavy atom. The number of hydrogen-bond acceptors (Lipinski definition) is 3. The molecule has 4 nitrogen and oxygen atoms in total. The van der Waals surface area contributed by atoms with Crippen LogP contribution in [0.4, 0.5) is 0 Å². The van der Waals surface area contributed by atoms with Crippen LogP contribution in [0.1, 0.15) is 34.9 Å². The molecule has 2 aromatic carbocycles. The van der Waals surface area contributed by atoms with Gasteiger partial charge >= 0.3 is 0 Å². The maximum absolute atomic E-state index is 12.4. The number of nitriles is 1. The Morgan fingerprint density at radius 2 is 1.80 bits per heavy atom. The molecule has 1 aromatic heterocycles. The van der Waals surface area contributed by atoms with Crippen LogP contribution in [-0.4, -0.2) is 5.91 Å². The third-order valence-corrected chi connectivity index (χ3v) is 3.99. The van der Waals surface area contributed by atoms with Gasteiger partial charge in [-0.3, -0.25) is 4.79 Å². The van der Waals surface area contributed by atoms with Crippen LogP contribution in [0.25, 0.3) is 0 Å². The SMILES string of the molecule is N#Cc1ccc(CCC(=O)NC(c2ccccc2)c2ccco2)cc1. The number of aryl methyl sites for hydroxylation is 1. The zero-order valence-corrected chi connectivity index (χ0v) is 13.7. The molecular formula is C21H18N2O2. The molecule has 25 heavy (non-hydrogen) atoms. The zero-order chi connectivity index (χ0) is 17.5. The summed E-state index contributed by atoms with van der Waals surface area (Å²) >= 11 is 0. The first-order valence-electron chi connectivity index (χ1n) is 8.13. The molecule has 0 spiro atoms. The number of benzene rings is 2. The van der Waals surface area contributed by atoms with Gasteiger partial charge < -0.3 is 9.73 Å². The van der Waals surface area contributed by atoms with Gasteiger partial charge in [0.25, 0.3) is 0 Å². The van der Waals surface area contributed by atoms with E-state index in [9.17, 15) is 4.79 Å². The molecule has 1 unspecified atom stereocenters. The van der Waals surface area contributed by atoms with Crippen molar-refractivity contribution in [3.05, 3.63) is 95.4 Å². The first-order chi connectivity index (χ1) is 12.3. The van der Waals surface area contributed by atoms with Crippen molar-refractivity contribution in [2.24, 2.45) is 0 Å². The molecule has 1 amide bonds. The van der Waals surface area contributed by atoms with Gasteiger partial charge in [0.1, 0.15) is 11.8 Å². The normalized spacial score (nSPS) is 11.5. The Labute approximate surface area is 146 Å². The highest BCUT2D eigenvalue weighted by Gasteiger charge is 2.19. The second-order valence-electron chi connectivity index (χ2n) is 5.74. The monoisotopic (exact) mass is 330 g/mol. The lowest BCUT2D eigenvalue weighted by atomic mass is 10.0. The molecule has 0 aliphatic rings. The van der Waals surface area contributed by atoms with E-state index in [0.717, 1.165) is 11.1 Å². The fourth-order valence-corrected chi connectivity index (χ4v) is 2.66. The summed E-state index contributed by atoms with van der Waals surface area (Å²) < 4.78 is 5.49. The Morgan fingerprint density at radius 1 is 1.04 bits per heavy atom. The number of rotatable bonds is 6. The van der Waals surface area contributed by atoms with Gasteiger partial charge in [0.05, 0.1) is 17.9 Å². The van der Waals surface area contributed by atoms with E-state index < -0.39 is 0 Å². The molecule has 0 aliphatic heterocycles. The number of carbonyl (C=O) groups is 1. The van der Waals surface area contributed by atoms with Crippen molar-refractivity contribution in [2.45, 2.75) is 18.9 Å². The van der Waals surface area contributed by atoms with Gasteiger partial charge in [0.15, 0.2) is 0 Å². The summed E-state index contributed by atoms with van der Waals surface area (Å²) in [5.41, 5.74) is 2.63. The van der Waals surface area contributed by atoms with Gasteiger partial charge in [-0.15, -0.1) is 0 Å². The van der Waals surface area contributed by atoms with Crippen LogP contribution in [0.5, 0.6) is 0 Å². The highest BCUT2D eigenvalue weighted by molar-refractivity contribution is 5.77. The summed E-state index contributed by atoms with van der Waals surface area (Å²) in [4.78, 5) is 12.4. The van der Waals surface area contributed by atoms with E-state index in [1.165, 1.54) is 0 Å². The fraction of sp³-hybridized carbons (Fsp3) is 0.143. The van der Waals surface area contributed by atoms with Gasteiger partial charge in [0.2, 0.25) is 5.91 Å². The predicted octanol–water partition coefficient (Wildman–Crippen LogP) is 3.99. The summed E-state index contributed by atoms with van der Waals surface area (Å²) in [5, 5.41) is 11.9. The van der Waals surface area contributed by atoms with E-state index in [4.69, 9.17) is 9.68 Å². The van der Waals surface area contributed by atoms with Crippen LogP contribution in [0.2, 0.25) is 0 Å². The van der Waals surface area contributed by atoms with Gasteiger partial charge in [-0.2, -0.15) is 5.26 Å². The van der Waals surface area contributed by atoms with Crippen LogP contribution >= 0.6 is 0 Å². The van der Waals surface area contributed by atoms with Crippen molar-refractivity contribution in [3.63, 3.8) is 0 Å². The molecule has 3 rings (SSSR count). The topological polar surface area (TPSA) is 66.0 Å². The van der Waals surface area contributed by atoms with Gasteiger partial charge in [-0.25, -0.2) is 0 Å². The lowest BCUT2D eigenvalue weighted by Crippen LogP contribution is -2.29. The summed E-state index contributed by atoms with van der Waals surface area (Å²) in [7, 11) is 0. The molecule has 124 valence electrons. The summed E-state index contributed by atoms with van der Waals surface area (Å²) in [5.74, 6) is 0.660. The van der Waals surface area contributed by atoms with Gasteiger partial charge in [0, 0.05) is 6.42 Å². The Hall–Kier alpha value is -3.32. The molecule has 0 saturated heterocycles. The molecule has 3 aromatic rings. The molecular weight excluding hydrogens is 312 g/mol. The summed E-state index contributed by atoms with van der Waals surface area (Å²) in [6, 6.07) is 22.5. The number of furan rings is 1. The molecule has 1 N–H and O–H groups in total. The number of nitrogens with one attached hydrogen (secondary N) is 1. The van der Waals surface area contributed by atoms with Crippen LogP contribution in [0, 0.1) is 11.3 Å². The lowest BCUT2D eigenvalue weighted by molar-refractivity contribution is -0.121. The second kappa shape index (κ2) is 7.98. The van der Waals surface area contributed by atoms with Gasteiger partial charge in [-0.05, 0) is 41.8 Å². The Balaban J connectivity index is 1.65. The summed E-state index contributed by atoms with van der Waals surface area (Å²) in [6.07, 6.45) is 2.60. The first kappa shape index (κ1) is 16.5. The van der Waals surface area contributed by atoms with Gasteiger partial charge in [-0.1, -0.05) is 42.5 Å². The van der Waals surface area contributed by atoms with Crippen molar-refractivity contribution >= 4 is 5.91 Å². The van der Waals surface area contributed by atoms with E-state index in [1.807, 2.05) is 54.6 Å². The van der Waals surface area contributed by atoms with E-state index >= 15 is 0 Å². The average Bonchev–Trinajstić information content (AvgIpc) is 3.20. The van der Waals surface area contributed by atoms with Crippen LogP contribution in [-0.2, 0) is 11.2 Å². The standard InChI is InChI=1S/C21H18N2O2/c22-15-17-10-8-16(9-11-17)12-13-20(24)23-21(19-7-4-14-25-19)18-5-2-1-3-6-18/h1-11,14,21H,12-13H2,(H,23,24). The molecule has 1 atom stereocenters. The Bertz CT molecular complexity index is 847. The van der Waals surface area contributed by atoms with Crippen LogP contribution in [0.3, 0.4) is 0 Å². The van der Waals surface area contributed by atoms with Crippen molar-refractivity contribution < 1.29 is 9.21 Å². The number of nitrogens with zero attached hydrogens (tertiary/aromatic N) is 1. The first-order valence-corrected chi connectivity index (χ1v) is 8.13. The van der Waals surface area contributed by atoms with Crippen molar-refractivity contribution in [3.8, 4) is 6.07 Å². The minimum absolute atomic E-state index is 0.0467. The van der Waals surface area contributed by atoms with E-state index in [0.29, 0.717) is 24.2 Å². The Kier molecular flexibility index (Phi) is 5.28. The zero-order valence-electron chi connectivity index (χ0n) is 13.7. The quantitative estimate of drug-likeness (QED) is 0.743. The smallest absolute Gasteiger partial charge is 0.221 e. The largest absolute Gasteiger partial charge is 0.467 e. The molecule has 4 heteroatoms. The molecule has 0 aliphatic carbocycles. The van der Waals surface area contributed by atoms with Crippen molar-refractivity contribution in [2.75, 3.05) is 0 Å². The van der Waals surface area contributed by atoms with E-state index in [-0.39, 0.29) is 11.9 Å². The van der Waals surface area contributed by atoms with Crippen molar-refractivity contribution in [1.29, 1.82) is 5.26 Å². The second-order valence-corrected chi connectivity index (χ2v) is 5.74. The molecule has 0 bridgehead atoms. The molecule has 0 fully saturated rings. The molecule has 0 saturated carbocycles. The average molecular weight is 330 g/mol. The van der Waals surface area contributed by atoms with E-state index in [2.05, 4.69) is 11.4 Å². The highest BCUT2D eigenvalue weighted by atomic mass is 16.3. The maximum Gasteiger partial charge on any atom is 0.221 e. The number of amides is 1. The summed E-state index contributed by atoms with van der Waals surface area (Å²) in [6.45, 7) is 0. The van der Waals surface area contributed by atoms with Crippen LogP contribution < -0.4 is 5.32 Å². The minimum Gasteiger partial charge on any atom is -0.467 e. The third-order valence-electron chi connectivity index (χ3n) is 3.99. The highest BCUT2D eigenvalue weighted by Crippen LogP contribution is 2.22. The molecule has 1 heterocycles. The third kappa shape index (κ3) is 4.36. The predicted molar refractivity (Wildman–Crippen MR) is 94.6 cm³/mol. The number of carbonyl (C=O) groups excluding carboxylic acids is 1. The molecule has 0 radical (unpaired) electrons. The lowest BCUT2D eigenvalue weighted by Gasteiger charge is -2.17. The van der Waals surface area contributed by atoms with E-state index in [1.54, 1.807) is 18.4 Å². The van der Waals surface area contributed by atoms with Crippen LogP contribution in [0.15, 0.2) is 77.4 Å². The minimum atomic E-state index is -0.301. The van der Waals surface area contributed by atoms with Crippen molar-refractivity contribution in [1.82, 2.24) is 5.32 Å². The maximum atomic E-state index is 12.4. The number of hydrogen-bond donors (Lipinski definition) is 1. The fourth-order valence-electron chi connectivity index (χ4n) is 2.66.